The number of anilines is 1. The van der Waals surface area contributed by atoms with Gasteiger partial charge in [-0.05, 0) is 43.4 Å². The van der Waals surface area contributed by atoms with E-state index in [0.717, 1.165) is 12.1 Å². The second-order valence-electron chi connectivity index (χ2n) is 8.20. The van der Waals surface area contributed by atoms with Crippen LogP contribution in [-0.2, 0) is 11.2 Å². The highest BCUT2D eigenvalue weighted by molar-refractivity contribution is 5.98. The summed E-state index contributed by atoms with van der Waals surface area (Å²) in [7, 11) is 0. The molecule has 164 valence electrons. The number of guanidine groups is 1. The van der Waals surface area contributed by atoms with Crippen molar-refractivity contribution in [3.05, 3.63) is 29.8 Å². The van der Waals surface area contributed by atoms with Crippen molar-refractivity contribution in [1.29, 1.82) is 5.41 Å². The summed E-state index contributed by atoms with van der Waals surface area (Å²) in [6.45, 7) is 2.27. The van der Waals surface area contributed by atoms with Crippen LogP contribution in [0, 0.1) is 5.41 Å². The molecule has 29 heavy (non-hydrogen) atoms. The van der Waals surface area contributed by atoms with Gasteiger partial charge in [-0.25, -0.2) is 0 Å². The summed E-state index contributed by atoms with van der Waals surface area (Å²) in [5.74, 6) is -0.260. The number of hydrogen-bond donors (Lipinski definition) is 4. The number of nitrogens with two attached hydrogens (primary N) is 1. The summed E-state index contributed by atoms with van der Waals surface area (Å²) in [5, 5.41) is 13.9. The van der Waals surface area contributed by atoms with Gasteiger partial charge in [0, 0.05) is 5.69 Å². The Morgan fingerprint density at radius 1 is 0.966 bits per heavy atom. The summed E-state index contributed by atoms with van der Waals surface area (Å²) in [6, 6.07) is 8.21. The predicted octanol–water partition coefficient (Wildman–Crippen LogP) is 5.53. The second kappa shape index (κ2) is 13.5. The zero-order chi connectivity index (χ0) is 20.2. The average molecular weight is 423 g/mol. The Bertz CT molecular complexity index is 614. The largest absolute Gasteiger partial charge is 0.368 e. The number of nitrogens with one attached hydrogen (secondary N) is 3. The molecule has 1 aromatic carbocycles. The molecule has 0 heterocycles. The molecule has 1 aliphatic rings. The molecule has 0 radical (unpaired) electrons. The first-order valence-electron chi connectivity index (χ1n) is 11.1. The maximum atomic E-state index is 11.4. The van der Waals surface area contributed by atoms with Gasteiger partial charge in [-0.15, -0.1) is 12.4 Å². The Kier molecular flexibility index (Phi) is 11.7. The number of aryl methyl sites for hydroxylation is 1. The molecule has 0 unspecified atom stereocenters. The van der Waals surface area contributed by atoms with Gasteiger partial charge >= 0.3 is 0 Å². The summed E-state index contributed by atoms with van der Waals surface area (Å²) in [6.07, 6.45) is 16.1. The molecule has 0 saturated heterocycles. The van der Waals surface area contributed by atoms with E-state index in [1.807, 2.05) is 12.1 Å². The maximum Gasteiger partial charge on any atom is 0.243 e. The van der Waals surface area contributed by atoms with E-state index in [4.69, 9.17) is 11.1 Å². The van der Waals surface area contributed by atoms with Crippen LogP contribution in [0.25, 0.3) is 0 Å². The van der Waals surface area contributed by atoms with E-state index >= 15 is 0 Å². The molecule has 6 heteroatoms. The van der Waals surface area contributed by atoms with Gasteiger partial charge in [0.15, 0.2) is 5.96 Å². The number of halogens is 1. The Morgan fingerprint density at radius 2 is 1.48 bits per heavy atom. The van der Waals surface area contributed by atoms with Gasteiger partial charge in [0.05, 0.1) is 0 Å². The van der Waals surface area contributed by atoms with Crippen molar-refractivity contribution >= 4 is 30.0 Å². The normalized spacial score (nSPS) is 14.0. The number of carbonyl (C=O) groups is 1. The van der Waals surface area contributed by atoms with Gasteiger partial charge in [0.2, 0.25) is 5.91 Å². The maximum absolute atomic E-state index is 11.4. The highest BCUT2D eigenvalue weighted by atomic mass is 35.5. The fourth-order valence-electron chi connectivity index (χ4n) is 3.54. The van der Waals surface area contributed by atoms with Crippen molar-refractivity contribution in [3.63, 3.8) is 0 Å². The van der Waals surface area contributed by atoms with Crippen molar-refractivity contribution in [1.82, 2.24) is 5.32 Å². The fraction of sp³-hybridized carbons (Fsp3) is 0.652. The van der Waals surface area contributed by atoms with Crippen LogP contribution in [-0.4, -0.2) is 17.4 Å². The number of benzene rings is 1. The zero-order valence-electron chi connectivity index (χ0n) is 17.9. The molecule has 0 aliphatic heterocycles. The highest BCUT2D eigenvalue weighted by Crippen LogP contribution is 2.34. The minimum Gasteiger partial charge on any atom is -0.368 e. The second-order valence-corrected chi connectivity index (χ2v) is 8.20. The lowest BCUT2D eigenvalue weighted by Gasteiger charge is -2.16. The summed E-state index contributed by atoms with van der Waals surface area (Å²) < 4.78 is 0. The molecule has 1 amide bonds. The van der Waals surface area contributed by atoms with E-state index in [-0.39, 0.29) is 24.3 Å². The lowest BCUT2D eigenvalue weighted by atomic mass is 10.0. The fourth-order valence-corrected chi connectivity index (χ4v) is 3.54. The molecule has 1 aromatic rings. The van der Waals surface area contributed by atoms with Gasteiger partial charge in [0.1, 0.15) is 5.54 Å². The third kappa shape index (κ3) is 9.53. The van der Waals surface area contributed by atoms with Gasteiger partial charge in [-0.2, -0.15) is 0 Å². The van der Waals surface area contributed by atoms with Crippen LogP contribution in [0.4, 0.5) is 5.69 Å². The minimum absolute atomic E-state index is 0. The molecule has 0 aromatic heterocycles. The molecule has 1 saturated carbocycles. The Labute approximate surface area is 182 Å². The van der Waals surface area contributed by atoms with E-state index in [0.29, 0.717) is 12.8 Å². The quantitative estimate of drug-likeness (QED) is 0.180. The van der Waals surface area contributed by atoms with Crippen LogP contribution in [0.2, 0.25) is 0 Å². The Balaban J connectivity index is 0.00000420. The van der Waals surface area contributed by atoms with Crippen LogP contribution in [0.3, 0.4) is 0 Å². The molecular formula is C23H39ClN4O. The third-order valence-electron chi connectivity index (χ3n) is 5.63. The first-order valence-corrected chi connectivity index (χ1v) is 11.1. The molecule has 1 aliphatic carbocycles. The first kappa shape index (κ1) is 25.3. The topological polar surface area (TPSA) is 91.0 Å². The first-order chi connectivity index (χ1) is 13.6. The lowest BCUT2D eigenvalue weighted by molar-refractivity contribution is -0.120. The van der Waals surface area contributed by atoms with E-state index in [2.05, 4.69) is 29.7 Å². The van der Waals surface area contributed by atoms with Crippen LogP contribution >= 0.6 is 12.4 Å². The van der Waals surface area contributed by atoms with E-state index in [1.165, 1.54) is 69.8 Å². The Morgan fingerprint density at radius 3 is 1.97 bits per heavy atom. The average Bonchev–Trinajstić information content (AvgIpc) is 3.45. The molecular weight excluding hydrogens is 384 g/mol. The van der Waals surface area contributed by atoms with Gasteiger partial charge in [-0.3, -0.25) is 10.2 Å². The number of carbonyl (C=O) groups excluding carboxylic acids is 1. The van der Waals surface area contributed by atoms with E-state index in [9.17, 15) is 4.79 Å². The predicted molar refractivity (Wildman–Crippen MR) is 125 cm³/mol. The Hall–Kier alpha value is -1.75. The SMILES string of the molecule is CCCCCCCCCCCCc1ccc(NC(=N)NC2(C(N)=O)CC2)cc1.Cl. The third-order valence-corrected chi connectivity index (χ3v) is 5.63. The standard InChI is InChI=1S/C23H38N4O.ClH/c1-2-3-4-5-6-7-8-9-10-11-12-19-13-15-20(16-14-19)26-22(25)27-23(17-18-23)21(24)28;/h13-16H,2-12,17-18H2,1H3,(H2,24,28)(H3,25,26,27);1H. The van der Waals surface area contributed by atoms with E-state index < -0.39 is 5.54 Å². The van der Waals surface area contributed by atoms with Crippen molar-refractivity contribution in [2.24, 2.45) is 5.73 Å². The van der Waals surface area contributed by atoms with Crippen LogP contribution in [0.5, 0.6) is 0 Å². The highest BCUT2D eigenvalue weighted by Gasteiger charge is 2.49. The molecule has 0 bridgehead atoms. The minimum atomic E-state index is -0.709. The number of primary amides is 1. The monoisotopic (exact) mass is 422 g/mol. The summed E-state index contributed by atoms with van der Waals surface area (Å²) in [5.41, 5.74) is 6.85. The van der Waals surface area contributed by atoms with Gasteiger partial charge in [0.25, 0.3) is 0 Å². The van der Waals surface area contributed by atoms with Crippen LogP contribution in [0.1, 0.15) is 89.5 Å². The van der Waals surface area contributed by atoms with Crippen molar-refractivity contribution in [2.75, 3.05) is 5.32 Å². The molecule has 1 fully saturated rings. The van der Waals surface area contributed by atoms with Crippen LogP contribution < -0.4 is 16.4 Å². The summed E-state index contributed by atoms with van der Waals surface area (Å²) >= 11 is 0. The molecule has 0 spiro atoms. The van der Waals surface area contributed by atoms with E-state index in [1.54, 1.807) is 0 Å². The zero-order valence-corrected chi connectivity index (χ0v) is 18.7. The summed E-state index contributed by atoms with van der Waals surface area (Å²) in [4.78, 5) is 11.4. The van der Waals surface area contributed by atoms with Gasteiger partial charge < -0.3 is 16.4 Å². The van der Waals surface area contributed by atoms with Crippen molar-refractivity contribution in [3.8, 4) is 0 Å². The van der Waals surface area contributed by atoms with Gasteiger partial charge in [-0.1, -0.05) is 76.8 Å². The lowest BCUT2D eigenvalue weighted by Crippen LogP contribution is -2.48. The molecule has 0 atom stereocenters. The number of unbranched alkanes of at least 4 members (excludes halogenated alkanes) is 9. The number of hydrogen-bond acceptors (Lipinski definition) is 2. The number of rotatable bonds is 14. The van der Waals surface area contributed by atoms with Crippen molar-refractivity contribution < 1.29 is 4.79 Å². The molecule has 5 nitrogen and oxygen atoms in total. The van der Waals surface area contributed by atoms with Crippen molar-refractivity contribution in [2.45, 2.75) is 95.9 Å². The smallest absolute Gasteiger partial charge is 0.243 e. The molecule has 5 N–H and O–H groups in total. The van der Waals surface area contributed by atoms with Crippen LogP contribution in [0.15, 0.2) is 24.3 Å². The molecule has 2 rings (SSSR count). The number of amides is 1.